The molecule has 0 aliphatic heterocycles. The van der Waals surface area contributed by atoms with Crippen LogP contribution in [-0.4, -0.2) is 41.7 Å². The number of likely N-dealkylation sites (N-methyl/N-ethyl adjacent to an activating group) is 1. The number of nitrogens with zero attached hydrogens (tertiary/aromatic N) is 1. The molecule has 2 N–H and O–H groups in total. The van der Waals surface area contributed by atoms with Crippen molar-refractivity contribution in [3.05, 3.63) is 29.3 Å². The number of carbonyl (C=O) groups excluding carboxylic acids is 1. The van der Waals surface area contributed by atoms with Gasteiger partial charge in [-0.15, -0.1) is 0 Å². The zero-order chi connectivity index (χ0) is 16.0. The van der Waals surface area contributed by atoms with E-state index >= 15 is 0 Å². The van der Waals surface area contributed by atoms with E-state index in [1.54, 1.807) is 0 Å². The van der Waals surface area contributed by atoms with Crippen molar-refractivity contribution in [2.75, 3.05) is 25.5 Å². The number of rotatable bonds is 7. The Hall–Kier alpha value is -1.39. The molecule has 0 bridgehead atoms. The Morgan fingerprint density at radius 1 is 1.29 bits per heavy atom. The van der Waals surface area contributed by atoms with Crippen molar-refractivity contribution in [2.24, 2.45) is 0 Å². The van der Waals surface area contributed by atoms with Crippen molar-refractivity contribution in [3.8, 4) is 0 Å². The highest BCUT2D eigenvalue weighted by molar-refractivity contribution is 5.93. The first kappa shape index (κ1) is 17.7. The standard InChI is InChI=1S/C17H28N2O2/c1-6-17(21,7-2)12-19(5)11-16(20)18-15-10-8-9-13(3)14(15)4/h8-10,21H,6-7,11-12H2,1-5H3,(H,18,20). The predicted octanol–water partition coefficient (Wildman–Crippen LogP) is 2.72. The Kier molecular flexibility index (Phi) is 6.37. The molecule has 4 nitrogen and oxygen atoms in total. The first-order valence-corrected chi connectivity index (χ1v) is 7.58. The molecule has 0 aromatic heterocycles. The number of hydrogen-bond donors (Lipinski definition) is 2. The zero-order valence-electron chi connectivity index (χ0n) is 13.9. The van der Waals surface area contributed by atoms with Gasteiger partial charge in [-0.1, -0.05) is 26.0 Å². The number of anilines is 1. The quantitative estimate of drug-likeness (QED) is 0.812. The molecular formula is C17H28N2O2. The molecule has 0 fully saturated rings. The van der Waals surface area contributed by atoms with E-state index in [0.29, 0.717) is 19.4 Å². The van der Waals surface area contributed by atoms with Crippen LogP contribution in [0.5, 0.6) is 0 Å². The summed E-state index contributed by atoms with van der Waals surface area (Å²) in [5.74, 6) is -0.0549. The first-order chi connectivity index (χ1) is 9.81. The summed E-state index contributed by atoms with van der Waals surface area (Å²) in [5.41, 5.74) is 2.39. The lowest BCUT2D eigenvalue weighted by molar-refractivity contribution is -0.117. The van der Waals surface area contributed by atoms with Crippen LogP contribution in [0.15, 0.2) is 18.2 Å². The van der Waals surface area contributed by atoms with Crippen molar-refractivity contribution in [3.63, 3.8) is 0 Å². The van der Waals surface area contributed by atoms with Crippen LogP contribution < -0.4 is 5.32 Å². The number of hydrogen-bond acceptors (Lipinski definition) is 3. The van der Waals surface area contributed by atoms with Crippen LogP contribution >= 0.6 is 0 Å². The molecule has 1 aromatic rings. The monoisotopic (exact) mass is 292 g/mol. The van der Waals surface area contributed by atoms with Crippen molar-refractivity contribution < 1.29 is 9.90 Å². The number of benzene rings is 1. The van der Waals surface area contributed by atoms with E-state index in [0.717, 1.165) is 16.8 Å². The van der Waals surface area contributed by atoms with Crippen molar-refractivity contribution >= 4 is 11.6 Å². The zero-order valence-corrected chi connectivity index (χ0v) is 13.9. The van der Waals surface area contributed by atoms with Gasteiger partial charge in [0.1, 0.15) is 0 Å². The van der Waals surface area contributed by atoms with Gasteiger partial charge in [0.15, 0.2) is 0 Å². The van der Waals surface area contributed by atoms with E-state index in [1.165, 1.54) is 0 Å². The summed E-state index contributed by atoms with van der Waals surface area (Å²) in [6, 6.07) is 5.88. The molecule has 21 heavy (non-hydrogen) atoms. The number of amides is 1. The van der Waals surface area contributed by atoms with Crippen LogP contribution in [0.3, 0.4) is 0 Å². The Bertz CT molecular complexity index is 482. The van der Waals surface area contributed by atoms with Crippen LogP contribution in [0.25, 0.3) is 0 Å². The molecule has 0 saturated carbocycles. The fourth-order valence-corrected chi connectivity index (χ4v) is 2.35. The van der Waals surface area contributed by atoms with Crippen molar-refractivity contribution in [1.82, 2.24) is 4.90 Å². The average Bonchev–Trinajstić information content (AvgIpc) is 2.43. The van der Waals surface area contributed by atoms with Crippen LogP contribution in [0.2, 0.25) is 0 Å². The van der Waals surface area contributed by atoms with Crippen LogP contribution in [0, 0.1) is 13.8 Å². The van der Waals surface area contributed by atoms with E-state index in [9.17, 15) is 9.90 Å². The Balaban J connectivity index is 2.59. The van der Waals surface area contributed by atoms with Gasteiger partial charge in [-0.2, -0.15) is 0 Å². The first-order valence-electron chi connectivity index (χ1n) is 7.58. The smallest absolute Gasteiger partial charge is 0.238 e. The fourth-order valence-electron chi connectivity index (χ4n) is 2.35. The molecule has 0 radical (unpaired) electrons. The molecule has 1 rings (SSSR count). The third-order valence-electron chi connectivity index (χ3n) is 4.17. The second-order valence-electron chi connectivity index (χ2n) is 5.90. The molecule has 0 saturated heterocycles. The van der Waals surface area contributed by atoms with E-state index < -0.39 is 5.60 Å². The van der Waals surface area contributed by atoms with Gasteiger partial charge in [-0.05, 0) is 50.9 Å². The van der Waals surface area contributed by atoms with Gasteiger partial charge >= 0.3 is 0 Å². The fraction of sp³-hybridized carbons (Fsp3) is 0.588. The normalized spacial score (nSPS) is 11.8. The second-order valence-corrected chi connectivity index (χ2v) is 5.90. The highest BCUT2D eigenvalue weighted by atomic mass is 16.3. The SMILES string of the molecule is CCC(O)(CC)CN(C)CC(=O)Nc1cccc(C)c1C. The predicted molar refractivity (Wildman–Crippen MR) is 87.6 cm³/mol. The minimum absolute atomic E-state index is 0.0549. The summed E-state index contributed by atoms with van der Waals surface area (Å²) in [6.45, 7) is 8.73. The van der Waals surface area contributed by atoms with Gasteiger partial charge < -0.3 is 10.4 Å². The third-order valence-corrected chi connectivity index (χ3v) is 4.17. The van der Waals surface area contributed by atoms with Crippen LogP contribution in [-0.2, 0) is 4.79 Å². The highest BCUT2D eigenvalue weighted by Crippen LogP contribution is 2.18. The number of aliphatic hydroxyl groups is 1. The van der Waals surface area contributed by atoms with Crippen LogP contribution in [0.1, 0.15) is 37.8 Å². The largest absolute Gasteiger partial charge is 0.389 e. The van der Waals surface area contributed by atoms with Gasteiger partial charge in [0.05, 0.1) is 12.1 Å². The molecule has 0 aliphatic rings. The third kappa shape index (κ3) is 5.14. The lowest BCUT2D eigenvalue weighted by Gasteiger charge is -2.30. The maximum atomic E-state index is 12.1. The minimum atomic E-state index is -0.714. The summed E-state index contributed by atoms with van der Waals surface area (Å²) < 4.78 is 0. The molecular weight excluding hydrogens is 264 g/mol. The maximum absolute atomic E-state index is 12.1. The van der Waals surface area contributed by atoms with Crippen molar-refractivity contribution in [2.45, 2.75) is 46.1 Å². The van der Waals surface area contributed by atoms with E-state index in [2.05, 4.69) is 5.32 Å². The average molecular weight is 292 g/mol. The number of nitrogens with one attached hydrogen (secondary N) is 1. The van der Waals surface area contributed by atoms with Gasteiger partial charge in [0, 0.05) is 12.2 Å². The highest BCUT2D eigenvalue weighted by Gasteiger charge is 2.24. The molecule has 0 spiro atoms. The number of aryl methyl sites for hydroxylation is 1. The molecule has 0 atom stereocenters. The van der Waals surface area contributed by atoms with Crippen molar-refractivity contribution in [1.29, 1.82) is 0 Å². The lowest BCUT2D eigenvalue weighted by Crippen LogP contribution is -2.43. The summed E-state index contributed by atoms with van der Waals surface area (Å²) >= 11 is 0. The molecule has 118 valence electrons. The molecule has 1 aromatic carbocycles. The maximum Gasteiger partial charge on any atom is 0.238 e. The van der Waals surface area contributed by atoms with Gasteiger partial charge in [0.25, 0.3) is 0 Å². The van der Waals surface area contributed by atoms with E-state index in [4.69, 9.17) is 0 Å². The summed E-state index contributed by atoms with van der Waals surface area (Å²) in [6.07, 6.45) is 1.37. The minimum Gasteiger partial charge on any atom is -0.389 e. The van der Waals surface area contributed by atoms with Gasteiger partial charge in [0.2, 0.25) is 5.91 Å². The summed E-state index contributed by atoms with van der Waals surface area (Å²) in [5, 5.41) is 13.3. The summed E-state index contributed by atoms with van der Waals surface area (Å²) in [7, 11) is 1.86. The Morgan fingerprint density at radius 3 is 2.48 bits per heavy atom. The molecule has 1 amide bonds. The van der Waals surface area contributed by atoms with E-state index in [1.807, 2.05) is 57.8 Å². The van der Waals surface area contributed by atoms with Gasteiger partial charge in [-0.25, -0.2) is 0 Å². The molecule has 0 heterocycles. The number of carbonyl (C=O) groups is 1. The Morgan fingerprint density at radius 2 is 1.90 bits per heavy atom. The van der Waals surface area contributed by atoms with Gasteiger partial charge in [-0.3, -0.25) is 9.69 Å². The second kappa shape index (κ2) is 7.57. The van der Waals surface area contributed by atoms with Crippen LogP contribution in [0.4, 0.5) is 5.69 Å². The Labute approximate surface area is 128 Å². The summed E-state index contributed by atoms with van der Waals surface area (Å²) in [4.78, 5) is 14.0. The lowest BCUT2D eigenvalue weighted by atomic mass is 9.97. The molecule has 0 unspecified atom stereocenters. The molecule has 0 aliphatic carbocycles. The molecule has 4 heteroatoms. The topological polar surface area (TPSA) is 52.6 Å². The van der Waals surface area contributed by atoms with E-state index in [-0.39, 0.29) is 12.5 Å².